The molecule has 2 aromatic heterocycles. The lowest BCUT2D eigenvalue weighted by Crippen LogP contribution is -2.33. The molecule has 0 aliphatic carbocycles. The van der Waals surface area contributed by atoms with Crippen molar-refractivity contribution >= 4 is 50.8 Å². The molecule has 0 aromatic carbocycles. The number of nitrogen functional groups attached to an aromatic ring is 1. The van der Waals surface area contributed by atoms with Gasteiger partial charge < -0.3 is 44.8 Å². The van der Waals surface area contributed by atoms with Crippen LogP contribution in [0.5, 0.6) is 0 Å². The van der Waals surface area contributed by atoms with Crippen molar-refractivity contribution in [3.05, 3.63) is 16.7 Å². The number of aliphatic hydroxyl groups is 2. The maximum Gasteiger partial charge on any atom is 0.347 e. The van der Waals surface area contributed by atoms with Crippen LogP contribution in [0.15, 0.2) is 11.1 Å². The van der Waals surface area contributed by atoms with Gasteiger partial charge in [-0.1, -0.05) is 0 Å². The van der Waals surface area contributed by atoms with Crippen LogP contribution < -0.4 is 11.3 Å². The highest BCUT2D eigenvalue weighted by molar-refractivity contribution is 8.08. The normalized spacial score (nSPS) is 27.9. The number of ether oxygens (including phenoxy) is 1. The van der Waals surface area contributed by atoms with E-state index in [2.05, 4.69) is 35.6 Å². The number of nitrogens with one attached hydrogen (secondary N) is 1. The minimum atomic E-state index is -5.02. The summed E-state index contributed by atoms with van der Waals surface area (Å²) < 4.78 is 39.0. The minimum absolute atomic E-state index is 0.0704. The molecule has 1 fully saturated rings. The number of hydrogen-bond donors (Lipinski definition) is 8. The fourth-order valence-electron chi connectivity index (χ4n) is 2.87. The van der Waals surface area contributed by atoms with Gasteiger partial charge in [0, 0.05) is 0 Å². The fraction of sp³-hybridized carbons (Fsp3) is 0.545. The zero-order valence-electron chi connectivity index (χ0n) is 15.6. The third-order valence-electron chi connectivity index (χ3n) is 4.09. The Balaban J connectivity index is 1.72. The van der Waals surface area contributed by atoms with Gasteiger partial charge in [0.25, 0.3) is 5.56 Å². The Morgan fingerprint density at radius 3 is 2.50 bits per heavy atom. The molecule has 6 atom stereocenters. The van der Waals surface area contributed by atoms with Crippen LogP contribution in [0.2, 0.25) is 0 Å². The van der Waals surface area contributed by atoms with E-state index in [1.807, 2.05) is 0 Å². The Morgan fingerprint density at radius 1 is 1.22 bits per heavy atom. The molecule has 180 valence electrons. The van der Waals surface area contributed by atoms with Crippen LogP contribution in [0.3, 0.4) is 0 Å². The lowest BCUT2D eigenvalue weighted by Gasteiger charge is -2.20. The van der Waals surface area contributed by atoms with Crippen molar-refractivity contribution in [3.63, 3.8) is 0 Å². The molecule has 0 bridgehead atoms. The van der Waals surface area contributed by atoms with Crippen molar-refractivity contribution in [3.8, 4) is 0 Å². The predicted octanol–water partition coefficient (Wildman–Crippen LogP) is -2.11. The molecule has 1 saturated heterocycles. The largest absolute Gasteiger partial charge is 0.387 e. The van der Waals surface area contributed by atoms with E-state index in [-0.39, 0.29) is 17.1 Å². The second kappa shape index (κ2) is 8.92. The number of aliphatic hydroxyl groups excluding tert-OH is 2. The van der Waals surface area contributed by atoms with E-state index < -0.39 is 64.5 Å². The third-order valence-corrected chi connectivity index (χ3v) is 9.98. The Morgan fingerprint density at radius 2 is 1.88 bits per heavy atom. The van der Waals surface area contributed by atoms with Gasteiger partial charge in [0.15, 0.2) is 23.3 Å². The van der Waals surface area contributed by atoms with Crippen molar-refractivity contribution < 1.29 is 52.5 Å². The summed E-state index contributed by atoms with van der Waals surface area (Å²) in [4.78, 5) is 59.0. The molecule has 17 nitrogen and oxygen atoms in total. The summed E-state index contributed by atoms with van der Waals surface area (Å²) in [6.07, 6.45) is -4.94. The van der Waals surface area contributed by atoms with Crippen LogP contribution in [0.1, 0.15) is 6.23 Å². The van der Waals surface area contributed by atoms with Crippen LogP contribution >= 0.6 is 21.9 Å². The van der Waals surface area contributed by atoms with E-state index in [0.717, 1.165) is 10.9 Å². The lowest BCUT2D eigenvalue weighted by molar-refractivity contribution is -0.0483. The van der Waals surface area contributed by atoms with Gasteiger partial charge in [-0.15, -0.1) is 0 Å². The van der Waals surface area contributed by atoms with Crippen molar-refractivity contribution in [2.75, 3.05) is 18.2 Å². The molecule has 0 spiro atoms. The van der Waals surface area contributed by atoms with E-state index in [0.29, 0.717) is 0 Å². The fourth-order valence-corrected chi connectivity index (χ4v) is 8.33. The highest BCUT2D eigenvalue weighted by Crippen LogP contribution is 2.64. The summed E-state index contributed by atoms with van der Waals surface area (Å²) in [6, 6.07) is 0. The first-order valence-electron chi connectivity index (χ1n) is 8.37. The second-order valence-corrected chi connectivity index (χ2v) is 13.6. The highest BCUT2D eigenvalue weighted by Gasteiger charge is 2.46. The average Bonchev–Trinajstić information content (AvgIpc) is 3.12. The number of fused-ring (bicyclic) bond motifs is 1. The number of aromatic nitrogens is 4. The van der Waals surface area contributed by atoms with Gasteiger partial charge in [0.1, 0.15) is 18.3 Å². The molecule has 3 rings (SSSR count). The summed E-state index contributed by atoms with van der Waals surface area (Å²) in [5, 5.41) is 20.5. The summed E-state index contributed by atoms with van der Waals surface area (Å²) in [5.41, 5.74) is 4.64. The number of anilines is 1. The third kappa shape index (κ3) is 5.87. The molecule has 2 aromatic rings. The molecular weight excluding hydrogens is 519 g/mol. The first kappa shape index (κ1) is 25.5. The highest BCUT2D eigenvalue weighted by atomic mass is 32.5. The number of imidazole rings is 1. The van der Waals surface area contributed by atoms with E-state index in [1.165, 1.54) is 0 Å². The van der Waals surface area contributed by atoms with Gasteiger partial charge in [0.05, 0.1) is 12.9 Å². The van der Waals surface area contributed by atoms with Crippen LogP contribution in [0.25, 0.3) is 11.2 Å². The van der Waals surface area contributed by atoms with Gasteiger partial charge in [-0.25, -0.2) is 9.29 Å². The van der Waals surface area contributed by atoms with Crippen molar-refractivity contribution in [1.82, 2.24) is 19.5 Å². The van der Waals surface area contributed by atoms with E-state index in [4.69, 9.17) is 20.3 Å². The molecule has 0 saturated carbocycles. The summed E-state index contributed by atoms with van der Waals surface area (Å²) in [5.74, 6) is -1.78. The van der Waals surface area contributed by atoms with Crippen LogP contribution in [0.4, 0.5) is 5.95 Å². The number of rotatable bonds is 8. The van der Waals surface area contributed by atoms with E-state index in [9.17, 15) is 33.9 Å². The maximum atomic E-state index is 12.1. The lowest BCUT2D eigenvalue weighted by atomic mass is 10.1. The topological polar surface area (TPSA) is 273 Å². The van der Waals surface area contributed by atoms with E-state index >= 15 is 0 Å². The summed E-state index contributed by atoms with van der Waals surface area (Å²) in [6.45, 7) is -5.44. The Labute approximate surface area is 182 Å². The standard InChI is InChI=1S/C11H18N5O12P3S/c12-11-14-8-5(9(19)15-11)13-2-16(8)10-7(18)6(17)4(27-10)1-26-29(20,21)3-30(22,23)28-31(24,25)32/h2,4,6-7,10,17-18H,1,3H2,(H,20,21)(H,22,23)(H2,24,25,32)(H3,12,14,15,19). The Hall–Kier alpha value is -1.10. The van der Waals surface area contributed by atoms with Gasteiger partial charge in [0.2, 0.25) is 5.95 Å². The number of nitrogens with two attached hydrogens (primary N) is 1. The zero-order chi connectivity index (χ0) is 24.1. The Bertz CT molecular complexity index is 1210. The Kier molecular flexibility index (Phi) is 7.12. The maximum absolute atomic E-state index is 12.1. The monoisotopic (exact) mass is 537 g/mol. The van der Waals surface area contributed by atoms with Crippen LogP contribution in [0, 0.1) is 0 Å². The van der Waals surface area contributed by atoms with Crippen molar-refractivity contribution in [1.29, 1.82) is 0 Å². The zero-order valence-corrected chi connectivity index (χ0v) is 19.1. The van der Waals surface area contributed by atoms with E-state index in [1.54, 1.807) is 0 Å². The minimum Gasteiger partial charge on any atom is -0.387 e. The van der Waals surface area contributed by atoms with Crippen LogP contribution in [-0.2, 0) is 34.5 Å². The van der Waals surface area contributed by atoms with Gasteiger partial charge >= 0.3 is 21.9 Å². The number of H-pyrrole nitrogens is 1. The van der Waals surface area contributed by atoms with Crippen LogP contribution in [-0.4, -0.2) is 80.1 Å². The molecule has 6 unspecified atom stereocenters. The van der Waals surface area contributed by atoms with Crippen molar-refractivity contribution in [2.24, 2.45) is 0 Å². The number of aromatic amines is 1. The first-order chi connectivity index (χ1) is 14.6. The first-order valence-corrected chi connectivity index (χ1v) is 14.5. The molecule has 1 aliphatic rings. The molecule has 0 radical (unpaired) electrons. The molecule has 9 N–H and O–H groups in total. The second-order valence-electron chi connectivity index (χ2n) is 6.61. The van der Waals surface area contributed by atoms with Gasteiger partial charge in [-0.3, -0.25) is 23.5 Å². The quantitative estimate of drug-likeness (QED) is 0.167. The average molecular weight is 537 g/mol. The molecule has 21 heteroatoms. The molecule has 32 heavy (non-hydrogen) atoms. The molecule has 1 aliphatic heterocycles. The molecule has 3 heterocycles. The SMILES string of the molecule is Nc1nc2c(ncn2C2OC(COP(=O)(O)CP(=O)(O)OP(O)(O)=S)C(O)C2O)c(=O)[nH]1. The number of hydrogen-bond acceptors (Lipinski definition) is 12. The molecular formula is C11H18N5O12P3S. The number of nitrogens with zero attached hydrogens (tertiary/aromatic N) is 3. The van der Waals surface area contributed by atoms with Crippen molar-refractivity contribution in [2.45, 2.75) is 24.5 Å². The molecule has 0 amide bonds. The predicted molar refractivity (Wildman–Crippen MR) is 109 cm³/mol. The smallest absolute Gasteiger partial charge is 0.347 e. The summed E-state index contributed by atoms with van der Waals surface area (Å²) >= 11 is 4.04. The summed E-state index contributed by atoms with van der Waals surface area (Å²) in [7, 11) is -9.91. The van der Waals surface area contributed by atoms with Gasteiger partial charge in [-0.05, 0) is 11.8 Å². The van der Waals surface area contributed by atoms with Gasteiger partial charge in [-0.2, -0.15) is 4.98 Å².